The molecule has 2 fully saturated rings. The molecular weight excluding hydrogens is 184 g/mol. The first-order chi connectivity index (χ1) is 7.28. The first-order valence-electron chi connectivity index (χ1n) is 6.63. The first-order valence-corrected chi connectivity index (χ1v) is 6.63. The van der Waals surface area contributed by atoms with Gasteiger partial charge in [0, 0.05) is 19.1 Å². The van der Waals surface area contributed by atoms with E-state index in [0.717, 1.165) is 18.0 Å². The number of rotatable bonds is 4. The van der Waals surface area contributed by atoms with Gasteiger partial charge in [0.2, 0.25) is 0 Å². The molecule has 1 N–H and O–H groups in total. The van der Waals surface area contributed by atoms with E-state index in [0.29, 0.717) is 0 Å². The molecule has 0 aromatic carbocycles. The van der Waals surface area contributed by atoms with Crippen molar-refractivity contribution in [3.63, 3.8) is 0 Å². The van der Waals surface area contributed by atoms with Crippen LogP contribution < -0.4 is 5.32 Å². The number of nitrogens with one attached hydrogen (secondary N) is 1. The Kier molecular flexibility index (Phi) is 3.68. The van der Waals surface area contributed by atoms with Gasteiger partial charge in [0.25, 0.3) is 0 Å². The zero-order valence-corrected chi connectivity index (χ0v) is 10.4. The summed E-state index contributed by atoms with van der Waals surface area (Å²) in [5, 5.41) is 3.25. The summed E-state index contributed by atoms with van der Waals surface area (Å²) < 4.78 is 0. The highest BCUT2D eigenvalue weighted by Gasteiger charge is 2.48. The predicted octanol–water partition coefficient (Wildman–Crippen LogP) is 2.25. The lowest BCUT2D eigenvalue weighted by Crippen LogP contribution is -2.55. The van der Waals surface area contributed by atoms with E-state index in [9.17, 15) is 0 Å². The lowest BCUT2D eigenvalue weighted by atomic mass is 9.57. The van der Waals surface area contributed by atoms with E-state index >= 15 is 0 Å². The van der Waals surface area contributed by atoms with Crippen molar-refractivity contribution in [3.8, 4) is 0 Å². The molecule has 2 aliphatic rings. The molecule has 0 aromatic rings. The van der Waals surface area contributed by atoms with Gasteiger partial charge in [-0.15, -0.1) is 0 Å². The van der Waals surface area contributed by atoms with Crippen molar-refractivity contribution in [2.24, 2.45) is 5.41 Å². The third kappa shape index (κ3) is 2.21. The van der Waals surface area contributed by atoms with Crippen molar-refractivity contribution >= 4 is 0 Å². The molecule has 88 valence electrons. The normalized spacial score (nSPS) is 29.4. The van der Waals surface area contributed by atoms with Crippen molar-refractivity contribution in [1.82, 2.24) is 10.2 Å². The van der Waals surface area contributed by atoms with Crippen LogP contribution in [0.5, 0.6) is 0 Å². The van der Waals surface area contributed by atoms with Gasteiger partial charge < -0.3 is 10.2 Å². The zero-order valence-electron chi connectivity index (χ0n) is 10.4. The summed E-state index contributed by atoms with van der Waals surface area (Å²) in [5.74, 6) is 0. The summed E-state index contributed by atoms with van der Waals surface area (Å²) in [6, 6.07) is 0.895. The highest BCUT2D eigenvalue weighted by Crippen LogP contribution is 2.53. The fourth-order valence-electron chi connectivity index (χ4n) is 3.65. The summed E-state index contributed by atoms with van der Waals surface area (Å²) in [7, 11) is 4.36. The van der Waals surface area contributed by atoms with Gasteiger partial charge in [0.15, 0.2) is 0 Å². The van der Waals surface area contributed by atoms with Crippen LogP contribution in [0.4, 0.5) is 0 Å². The average molecular weight is 210 g/mol. The van der Waals surface area contributed by atoms with Crippen LogP contribution in [0.2, 0.25) is 0 Å². The van der Waals surface area contributed by atoms with Crippen molar-refractivity contribution < 1.29 is 0 Å². The Balaban J connectivity index is 1.86. The van der Waals surface area contributed by atoms with Crippen LogP contribution >= 0.6 is 0 Å². The van der Waals surface area contributed by atoms with Gasteiger partial charge >= 0.3 is 0 Å². The van der Waals surface area contributed by atoms with Crippen LogP contribution in [0, 0.1) is 5.41 Å². The molecule has 1 spiro atoms. The summed E-state index contributed by atoms with van der Waals surface area (Å²) in [5.41, 5.74) is 0.737. The molecule has 15 heavy (non-hydrogen) atoms. The second-order valence-corrected chi connectivity index (χ2v) is 5.56. The van der Waals surface area contributed by atoms with Crippen LogP contribution in [-0.2, 0) is 0 Å². The van der Waals surface area contributed by atoms with Gasteiger partial charge in [-0.05, 0) is 45.2 Å². The summed E-state index contributed by atoms with van der Waals surface area (Å²) in [6.07, 6.45) is 10.4. The topological polar surface area (TPSA) is 15.3 Å². The summed E-state index contributed by atoms with van der Waals surface area (Å²) >= 11 is 0. The highest BCUT2D eigenvalue weighted by atomic mass is 15.2. The number of hydrogen-bond acceptors (Lipinski definition) is 2. The minimum atomic E-state index is 0.737. The zero-order chi connectivity index (χ0) is 10.7. The molecule has 0 radical (unpaired) electrons. The fraction of sp³-hybridized carbons (Fsp3) is 1.00. The van der Waals surface area contributed by atoms with Crippen molar-refractivity contribution in [2.45, 2.75) is 51.0 Å². The Morgan fingerprint density at radius 1 is 1.20 bits per heavy atom. The molecule has 2 nitrogen and oxygen atoms in total. The van der Waals surface area contributed by atoms with E-state index in [-0.39, 0.29) is 0 Å². The van der Waals surface area contributed by atoms with Crippen molar-refractivity contribution in [1.29, 1.82) is 0 Å². The van der Waals surface area contributed by atoms with Gasteiger partial charge in [-0.3, -0.25) is 0 Å². The monoisotopic (exact) mass is 210 g/mol. The second-order valence-electron chi connectivity index (χ2n) is 5.56. The highest BCUT2D eigenvalue weighted by molar-refractivity contribution is 5.02. The Bertz CT molecular complexity index is 197. The molecule has 1 unspecified atom stereocenters. The minimum Gasteiger partial charge on any atom is -0.318 e. The summed E-state index contributed by atoms with van der Waals surface area (Å²) in [6.45, 7) is 2.34. The van der Waals surface area contributed by atoms with Crippen LogP contribution in [-0.4, -0.2) is 38.1 Å². The molecule has 0 saturated heterocycles. The molecule has 0 heterocycles. The maximum Gasteiger partial charge on any atom is 0.0149 e. The molecule has 1 atom stereocenters. The molecule has 0 aromatic heterocycles. The third-order valence-electron chi connectivity index (χ3n) is 4.72. The lowest BCUT2D eigenvalue weighted by Gasteiger charge is -2.55. The van der Waals surface area contributed by atoms with E-state index in [1.165, 1.54) is 51.5 Å². The second kappa shape index (κ2) is 4.84. The smallest absolute Gasteiger partial charge is 0.0149 e. The van der Waals surface area contributed by atoms with Gasteiger partial charge in [-0.25, -0.2) is 0 Å². The lowest BCUT2D eigenvalue weighted by molar-refractivity contribution is -0.0410. The third-order valence-corrected chi connectivity index (χ3v) is 4.72. The Morgan fingerprint density at radius 2 is 1.93 bits per heavy atom. The maximum absolute atomic E-state index is 3.25. The average Bonchev–Trinajstić information content (AvgIpc) is 2.26. The van der Waals surface area contributed by atoms with Crippen LogP contribution in [0.25, 0.3) is 0 Å². The maximum atomic E-state index is 3.25. The molecule has 0 aliphatic heterocycles. The molecule has 2 saturated carbocycles. The van der Waals surface area contributed by atoms with Gasteiger partial charge in [0.05, 0.1) is 0 Å². The van der Waals surface area contributed by atoms with Crippen molar-refractivity contribution in [2.75, 3.05) is 27.2 Å². The quantitative estimate of drug-likeness (QED) is 0.765. The molecule has 2 rings (SSSR count). The van der Waals surface area contributed by atoms with E-state index in [1.807, 2.05) is 7.05 Å². The standard InChI is InChI=1S/C13H26N2/c1-14-10-11-15(2)12-6-9-13(12)7-4-3-5-8-13/h12,14H,3-11H2,1-2H3. The minimum absolute atomic E-state index is 0.737. The summed E-state index contributed by atoms with van der Waals surface area (Å²) in [4.78, 5) is 2.60. The largest absolute Gasteiger partial charge is 0.318 e. The van der Waals surface area contributed by atoms with Crippen LogP contribution in [0.3, 0.4) is 0 Å². The number of hydrogen-bond donors (Lipinski definition) is 1. The van der Waals surface area contributed by atoms with Crippen LogP contribution in [0.15, 0.2) is 0 Å². The molecule has 0 bridgehead atoms. The Morgan fingerprint density at radius 3 is 2.47 bits per heavy atom. The predicted molar refractivity (Wildman–Crippen MR) is 65.1 cm³/mol. The van der Waals surface area contributed by atoms with E-state index in [1.54, 1.807) is 0 Å². The van der Waals surface area contributed by atoms with Gasteiger partial charge in [-0.1, -0.05) is 19.3 Å². The first kappa shape index (κ1) is 11.4. The molecule has 2 heteroatoms. The fourth-order valence-corrected chi connectivity index (χ4v) is 3.65. The SMILES string of the molecule is CNCCN(C)C1CCC12CCCCC2. The van der Waals surface area contributed by atoms with E-state index < -0.39 is 0 Å². The molecular formula is C13H26N2. The molecule has 2 aliphatic carbocycles. The van der Waals surface area contributed by atoms with Gasteiger partial charge in [-0.2, -0.15) is 0 Å². The van der Waals surface area contributed by atoms with E-state index in [2.05, 4.69) is 17.3 Å². The van der Waals surface area contributed by atoms with E-state index in [4.69, 9.17) is 0 Å². The number of likely N-dealkylation sites (N-methyl/N-ethyl adjacent to an activating group) is 2. The van der Waals surface area contributed by atoms with Gasteiger partial charge in [0.1, 0.15) is 0 Å². The van der Waals surface area contributed by atoms with Crippen molar-refractivity contribution in [3.05, 3.63) is 0 Å². The Hall–Kier alpha value is -0.0800. The number of nitrogens with zero attached hydrogens (tertiary/aromatic N) is 1. The Labute approximate surface area is 94.4 Å². The molecule has 0 amide bonds. The van der Waals surface area contributed by atoms with Crippen LogP contribution in [0.1, 0.15) is 44.9 Å².